The number of hydrogen-bond donors (Lipinski definition) is 1. The number of imide groups is 1. The lowest BCUT2D eigenvalue weighted by Crippen LogP contribution is -2.52. The molecular formula is C16H29NO6. The third-order valence-corrected chi connectivity index (χ3v) is 2.47. The quantitative estimate of drug-likeness (QED) is 0.845. The zero-order chi connectivity index (χ0) is 18.6. The summed E-state index contributed by atoms with van der Waals surface area (Å²) in [6, 6.07) is -1.35. The molecule has 7 heteroatoms. The second-order valence-electron chi connectivity index (χ2n) is 7.81. The molecule has 0 aromatic heterocycles. The van der Waals surface area contributed by atoms with Crippen LogP contribution in [0.4, 0.5) is 9.59 Å². The fourth-order valence-corrected chi connectivity index (χ4v) is 1.71. The molecule has 0 bridgehead atoms. The highest BCUT2D eigenvalue weighted by Gasteiger charge is 2.40. The third kappa shape index (κ3) is 8.42. The Hall–Kier alpha value is -1.79. The lowest BCUT2D eigenvalue weighted by molar-refractivity contribution is -0.143. The molecule has 0 fully saturated rings. The Morgan fingerprint density at radius 1 is 0.913 bits per heavy atom. The number of carboxylic acids is 1. The molecule has 0 unspecified atom stereocenters. The molecule has 0 saturated carbocycles. The molecule has 0 saturated heterocycles. The Labute approximate surface area is 137 Å². The maximum atomic E-state index is 12.4. The van der Waals surface area contributed by atoms with Gasteiger partial charge in [-0.3, -0.25) is 0 Å². The van der Waals surface area contributed by atoms with Gasteiger partial charge in [0.25, 0.3) is 0 Å². The summed E-state index contributed by atoms with van der Waals surface area (Å²) in [6.45, 7) is 13.4. The van der Waals surface area contributed by atoms with E-state index in [0.717, 1.165) is 0 Å². The van der Waals surface area contributed by atoms with Gasteiger partial charge in [-0.2, -0.15) is 4.90 Å². The minimum absolute atomic E-state index is 0.0385. The first-order chi connectivity index (χ1) is 10.1. The Bertz CT molecular complexity index is 416. The number of carbonyl (C=O) groups is 3. The fraction of sp³-hybridized carbons (Fsp3) is 0.812. The van der Waals surface area contributed by atoms with Gasteiger partial charge < -0.3 is 14.6 Å². The van der Waals surface area contributed by atoms with Crippen molar-refractivity contribution in [3.63, 3.8) is 0 Å². The maximum Gasteiger partial charge on any atom is 0.420 e. The summed E-state index contributed by atoms with van der Waals surface area (Å²) in [5, 5.41) is 9.43. The summed E-state index contributed by atoms with van der Waals surface area (Å²) in [6.07, 6.45) is -1.95. The second-order valence-corrected chi connectivity index (χ2v) is 7.81. The van der Waals surface area contributed by atoms with Gasteiger partial charge in [0.2, 0.25) is 0 Å². The number of carboxylic acid groups (broad SMARTS) is 1. The van der Waals surface area contributed by atoms with Gasteiger partial charge in [0.15, 0.2) is 0 Å². The molecule has 134 valence electrons. The summed E-state index contributed by atoms with van der Waals surface area (Å²) in [5.74, 6) is -1.32. The van der Waals surface area contributed by atoms with Crippen LogP contribution in [0.25, 0.3) is 0 Å². The van der Waals surface area contributed by atoms with Crippen molar-refractivity contribution in [2.24, 2.45) is 5.92 Å². The van der Waals surface area contributed by atoms with Crippen LogP contribution in [0.15, 0.2) is 0 Å². The van der Waals surface area contributed by atoms with Crippen LogP contribution in [0.3, 0.4) is 0 Å². The van der Waals surface area contributed by atoms with Crippen LogP contribution in [0.5, 0.6) is 0 Å². The van der Waals surface area contributed by atoms with E-state index in [1.807, 2.05) is 0 Å². The van der Waals surface area contributed by atoms with Crippen LogP contribution in [0.1, 0.15) is 61.8 Å². The third-order valence-electron chi connectivity index (χ3n) is 2.47. The number of aliphatic carboxylic acids is 1. The standard InChI is InChI=1S/C16H29NO6/c1-10(2)9-11(12(18)19)17(13(20)22-15(3,4)5)14(21)23-16(6,7)8/h10-11H,9H2,1-8H3,(H,18,19)/t11-/m0/s1. The molecule has 7 nitrogen and oxygen atoms in total. The minimum atomic E-state index is -1.35. The molecule has 2 amide bonds. The summed E-state index contributed by atoms with van der Waals surface area (Å²) in [4.78, 5) is 36.8. The molecule has 0 aromatic rings. The average molecular weight is 331 g/mol. The first-order valence-electron chi connectivity index (χ1n) is 7.62. The van der Waals surface area contributed by atoms with Gasteiger partial charge in [0.1, 0.15) is 17.2 Å². The first-order valence-corrected chi connectivity index (χ1v) is 7.62. The van der Waals surface area contributed by atoms with E-state index in [9.17, 15) is 19.5 Å². The van der Waals surface area contributed by atoms with E-state index in [4.69, 9.17) is 9.47 Å². The highest BCUT2D eigenvalue weighted by Crippen LogP contribution is 2.20. The summed E-state index contributed by atoms with van der Waals surface area (Å²) in [5.41, 5.74) is -1.73. The minimum Gasteiger partial charge on any atom is -0.480 e. The van der Waals surface area contributed by atoms with E-state index in [1.165, 1.54) is 0 Å². The smallest absolute Gasteiger partial charge is 0.420 e. The van der Waals surface area contributed by atoms with Crippen molar-refractivity contribution in [1.82, 2.24) is 4.90 Å². The lowest BCUT2D eigenvalue weighted by atomic mass is 10.0. The van der Waals surface area contributed by atoms with Crippen LogP contribution in [-0.4, -0.2) is 45.4 Å². The van der Waals surface area contributed by atoms with Crippen molar-refractivity contribution in [2.45, 2.75) is 79.1 Å². The summed E-state index contributed by atoms with van der Waals surface area (Å²) < 4.78 is 10.3. The van der Waals surface area contributed by atoms with E-state index in [-0.39, 0.29) is 12.3 Å². The van der Waals surface area contributed by atoms with Crippen molar-refractivity contribution in [3.8, 4) is 0 Å². The molecule has 0 rings (SSSR count). The van der Waals surface area contributed by atoms with Gasteiger partial charge in [-0.25, -0.2) is 14.4 Å². The van der Waals surface area contributed by atoms with E-state index in [2.05, 4.69) is 0 Å². The van der Waals surface area contributed by atoms with Gasteiger partial charge in [-0.05, 0) is 53.9 Å². The highest BCUT2D eigenvalue weighted by atomic mass is 16.6. The van der Waals surface area contributed by atoms with Crippen LogP contribution in [0, 0.1) is 5.92 Å². The average Bonchev–Trinajstić information content (AvgIpc) is 2.21. The highest BCUT2D eigenvalue weighted by molar-refractivity contribution is 5.93. The van der Waals surface area contributed by atoms with Crippen molar-refractivity contribution >= 4 is 18.2 Å². The Kier molecular flexibility index (Phi) is 7.06. The number of rotatable bonds is 4. The lowest BCUT2D eigenvalue weighted by Gasteiger charge is -2.32. The van der Waals surface area contributed by atoms with Gasteiger partial charge in [0.05, 0.1) is 0 Å². The van der Waals surface area contributed by atoms with Crippen molar-refractivity contribution in [3.05, 3.63) is 0 Å². The molecule has 0 heterocycles. The summed E-state index contributed by atoms with van der Waals surface area (Å²) >= 11 is 0. The van der Waals surface area contributed by atoms with Gasteiger partial charge in [0, 0.05) is 0 Å². The monoisotopic (exact) mass is 331 g/mol. The molecule has 1 atom stereocenters. The molecule has 0 spiro atoms. The van der Waals surface area contributed by atoms with Crippen LogP contribution < -0.4 is 0 Å². The van der Waals surface area contributed by atoms with Gasteiger partial charge in [-0.1, -0.05) is 13.8 Å². The Morgan fingerprint density at radius 3 is 1.48 bits per heavy atom. The normalized spacial score (nSPS) is 13.4. The van der Waals surface area contributed by atoms with E-state index >= 15 is 0 Å². The van der Waals surface area contributed by atoms with E-state index in [1.54, 1.807) is 55.4 Å². The largest absolute Gasteiger partial charge is 0.480 e. The molecular weight excluding hydrogens is 302 g/mol. The molecule has 0 aromatic carbocycles. The van der Waals surface area contributed by atoms with Crippen LogP contribution >= 0.6 is 0 Å². The number of carbonyl (C=O) groups excluding carboxylic acids is 2. The Morgan fingerprint density at radius 2 is 1.26 bits per heavy atom. The van der Waals surface area contributed by atoms with Crippen molar-refractivity contribution < 1.29 is 29.0 Å². The molecule has 1 N–H and O–H groups in total. The van der Waals surface area contributed by atoms with Crippen molar-refractivity contribution in [1.29, 1.82) is 0 Å². The molecule has 0 radical (unpaired) electrons. The predicted octanol–water partition coefficient (Wildman–Crippen LogP) is 3.66. The first kappa shape index (κ1) is 21.2. The summed E-state index contributed by atoms with van der Waals surface area (Å²) in [7, 11) is 0. The van der Waals surface area contributed by atoms with Crippen molar-refractivity contribution in [2.75, 3.05) is 0 Å². The predicted molar refractivity (Wildman–Crippen MR) is 85.2 cm³/mol. The van der Waals surface area contributed by atoms with Crippen LogP contribution in [0.2, 0.25) is 0 Å². The maximum absolute atomic E-state index is 12.4. The number of hydrogen-bond acceptors (Lipinski definition) is 5. The fourth-order valence-electron chi connectivity index (χ4n) is 1.71. The van der Waals surface area contributed by atoms with E-state index < -0.39 is 35.4 Å². The van der Waals surface area contributed by atoms with Crippen LogP contribution in [-0.2, 0) is 14.3 Å². The zero-order valence-electron chi connectivity index (χ0n) is 15.3. The topological polar surface area (TPSA) is 93.1 Å². The molecule has 0 aliphatic carbocycles. The molecule has 0 aliphatic rings. The molecule has 0 aliphatic heterocycles. The molecule has 23 heavy (non-hydrogen) atoms. The zero-order valence-corrected chi connectivity index (χ0v) is 15.3. The number of nitrogens with zero attached hydrogens (tertiary/aromatic N) is 1. The van der Waals surface area contributed by atoms with Gasteiger partial charge in [-0.15, -0.1) is 0 Å². The van der Waals surface area contributed by atoms with E-state index in [0.29, 0.717) is 4.90 Å². The SMILES string of the molecule is CC(C)C[C@@H](C(=O)O)N(C(=O)OC(C)(C)C)C(=O)OC(C)(C)C. The Balaban J connectivity index is 5.62. The number of ether oxygens (including phenoxy) is 2. The van der Waals surface area contributed by atoms with Gasteiger partial charge >= 0.3 is 18.2 Å². The number of amides is 2. The second kappa shape index (κ2) is 7.66.